The molecule has 0 aliphatic rings. The van der Waals surface area contributed by atoms with Gasteiger partial charge in [0.05, 0.1) is 0 Å². The maximum atomic E-state index is 12.9. The summed E-state index contributed by atoms with van der Waals surface area (Å²) in [6, 6.07) is 0. The molecule has 458 valence electrons. The number of allylic oxidation sites excluding steroid dienone is 24. The van der Waals surface area contributed by atoms with Crippen LogP contribution in [0.15, 0.2) is 146 Å². The Hall–Kier alpha value is -4.71. The topological polar surface area (TPSA) is 78.9 Å². The Morgan fingerprint density at radius 2 is 0.494 bits per heavy atom. The molecule has 1 unspecified atom stereocenters. The molecule has 6 heteroatoms. The highest BCUT2D eigenvalue weighted by Crippen LogP contribution is 2.16. The first kappa shape index (κ1) is 76.3. The van der Waals surface area contributed by atoms with Crippen LogP contribution < -0.4 is 0 Å². The molecule has 6 nitrogen and oxygen atoms in total. The number of hydrogen-bond acceptors (Lipinski definition) is 6. The summed E-state index contributed by atoms with van der Waals surface area (Å²) in [5.41, 5.74) is 0. The fourth-order valence-corrected chi connectivity index (χ4v) is 8.89. The molecule has 0 saturated carbocycles. The fraction of sp³-hybridized carbons (Fsp3) is 0.640. The van der Waals surface area contributed by atoms with E-state index in [2.05, 4.69) is 167 Å². The maximum absolute atomic E-state index is 12.9. The van der Waals surface area contributed by atoms with Crippen LogP contribution in [-0.2, 0) is 28.6 Å². The second kappa shape index (κ2) is 67.8. The third-order valence-corrected chi connectivity index (χ3v) is 13.8. The van der Waals surface area contributed by atoms with Crippen molar-refractivity contribution >= 4 is 17.9 Å². The van der Waals surface area contributed by atoms with Gasteiger partial charge in [-0.3, -0.25) is 14.4 Å². The van der Waals surface area contributed by atoms with Crippen LogP contribution in [0.3, 0.4) is 0 Å². The Morgan fingerprint density at radius 3 is 0.815 bits per heavy atom. The fourth-order valence-electron chi connectivity index (χ4n) is 8.89. The average molecular weight is 1120 g/mol. The number of rotatable bonds is 59. The summed E-state index contributed by atoms with van der Waals surface area (Å²) >= 11 is 0. The van der Waals surface area contributed by atoms with E-state index in [1.54, 1.807) is 0 Å². The van der Waals surface area contributed by atoms with E-state index < -0.39 is 6.10 Å². The molecule has 0 spiro atoms. The van der Waals surface area contributed by atoms with Crippen molar-refractivity contribution in [3.8, 4) is 0 Å². The van der Waals surface area contributed by atoms with Crippen LogP contribution in [-0.4, -0.2) is 37.2 Å². The predicted octanol–water partition coefficient (Wildman–Crippen LogP) is 23.1. The molecular weight excluding hydrogens is 997 g/mol. The van der Waals surface area contributed by atoms with Crippen molar-refractivity contribution in [2.24, 2.45) is 0 Å². The van der Waals surface area contributed by atoms with E-state index in [0.717, 1.165) is 116 Å². The third-order valence-electron chi connectivity index (χ3n) is 13.8. The molecule has 1 atom stereocenters. The molecule has 81 heavy (non-hydrogen) atoms. The summed E-state index contributed by atoms with van der Waals surface area (Å²) in [4.78, 5) is 38.4. The van der Waals surface area contributed by atoms with E-state index in [9.17, 15) is 14.4 Å². The maximum Gasteiger partial charge on any atom is 0.306 e. The molecule has 0 rings (SSSR count). The van der Waals surface area contributed by atoms with Gasteiger partial charge in [-0.25, -0.2) is 0 Å². The zero-order valence-electron chi connectivity index (χ0n) is 52.5. The number of carbonyl (C=O) groups excluding carboxylic acids is 3. The van der Waals surface area contributed by atoms with Gasteiger partial charge in [0.15, 0.2) is 6.10 Å². The molecule has 0 aromatic carbocycles. The highest BCUT2D eigenvalue weighted by atomic mass is 16.6. The van der Waals surface area contributed by atoms with E-state index in [0.29, 0.717) is 19.3 Å². The number of esters is 3. The van der Waals surface area contributed by atoms with Crippen LogP contribution in [0.4, 0.5) is 0 Å². The monoisotopic (exact) mass is 1120 g/mol. The number of carbonyl (C=O) groups is 3. The molecule has 0 aromatic rings. The summed E-state index contributed by atoms with van der Waals surface area (Å²) in [6.45, 7) is 6.34. The minimum atomic E-state index is -0.826. The minimum Gasteiger partial charge on any atom is -0.462 e. The van der Waals surface area contributed by atoms with E-state index in [4.69, 9.17) is 14.2 Å². The molecule has 0 aliphatic carbocycles. The second-order valence-corrected chi connectivity index (χ2v) is 21.6. The van der Waals surface area contributed by atoms with Crippen molar-refractivity contribution in [2.75, 3.05) is 13.2 Å². The van der Waals surface area contributed by atoms with Crippen LogP contribution >= 0.6 is 0 Å². The molecular formula is C75H122O6. The summed E-state index contributed by atoms with van der Waals surface area (Å²) in [6.07, 6.45) is 97.3. The van der Waals surface area contributed by atoms with E-state index >= 15 is 0 Å². The van der Waals surface area contributed by atoms with Crippen molar-refractivity contribution in [3.05, 3.63) is 146 Å². The zero-order valence-corrected chi connectivity index (χ0v) is 52.5. The standard InChI is InChI=1S/C75H122O6/c1-4-7-10-13-16-19-22-25-28-31-33-34-35-36-37-38-39-40-42-44-47-50-53-56-59-62-65-68-74(77)80-71-72(70-79-73(76)67-64-61-58-55-52-49-46-43-30-27-24-21-18-15-12-9-6-3)81-75(78)69-66-63-60-57-54-51-48-45-41-32-29-26-23-20-17-14-11-8-5-2/h8-9,11-12,17-18,20-22,25-27,29-31,33,41,45-46,49,51,54-55,58,72H,4-7,10,13-16,19,23-24,28,32,34-40,42-44,47-48,50,52-53,56-57,59-71H2,1-3H3/b11-8-,12-9-,20-17-,21-18-,25-22-,29-26-,30-27-,33-31-,45-41-,49-46-,54-51-,58-55-. The molecule has 0 aliphatic heterocycles. The van der Waals surface area contributed by atoms with Crippen molar-refractivity contribution < 1.29 is 28.6 Å². The molecule has 0 amide bonds. The Kier molecular flexibility index (Phi) is 63.9. The Balaban J connectivity index is 4.44. The smallest absolute Gasteiger partial charge is 0.306 e. The molecule has 0 aromatic heterocycles. The van der Waals surface area contributed by atoms with E-state index in [-0.39, 0.29) is 44.0 Å². The second-order valence-electron chi connectivity index (χ2n) is 21.6. The first-order chi connectivity index (χ1) is 40.0. The van der Waals surface area contributed by atoms with Crippen molar-refractivity contribution in [1.82, 2.24) is 0 Å². The molecule has 0 bridgehead atoms. The summed E-state index contributed by atoms with van der Waals surface area (Å²) in [5, 5.41) is 0. The Morgan fingerprint density at radius 1 is 0.259 bits per heavy atom. The van der Waals surface area contributed by atoms with Crippen LogP contribution in [0.1, 0.15) is 290 Å². The zero-order chi connectivity index (χ0) is 58.5. The average Bonchev–Trinajstić information content (AvgIpc) is 3.47. The summed E-state index contributed by atoms with van der Waals surface area (Å²) < 4.78 is 16.9. The highest BCUT2D eigenvalue weighted by molar-refractivity contribution is 5.71. The van der Waals surface area contributed by atoms with E-state index in [1.165, 1.54) is 122 Å². The minimum absolute atomic E-state index is 0.113. The van der Waals surface area contributed by atoms with Gasteiger partial charge in [-0.2, -0.15) is 0 Å². The number of hydrogen-bond donors (Lipinski definition) is 0. The van der Waals surface area contributed by atoms with Crippen LogP contribution in [0, 0.1) is 0 Å². The first-order valence-corrected chi connectivity index (χ1v) is 33.3. The quantitative estimate of drug-likeness (QED) is 0.0261. The van der Waals surface area contributed by atoms with E-state index in [1.807, 2.05) is 0 Å². The largest absolute Gasteiger partial charge is 0.462 e. The van der Waals surface area contributed by atoms with Gasteiger partial charge < -0.3 is 14.2 Å². The van der Waals surface area contributed by atoms with Gasteiger partial charge in [0.2, 0.25) is 0 Å². The van der Waals surface area contributed by atoms with Gasteiger partial charge in [-0.05, 0) is 135 Å². The number of unbranched alkanes of at least 4 members (excludes halogenated alkanes) is 24. The SMILES string of the molecule is CC/C=C\C/C=C\C/C=C\C/C=C\C/C=C\CCCCCC(=O)OC(COC(=O)CCC/C=C\C/C=C\C/C=C\C/C=C\C/C=C\CC)COC(=O)CCCCCCCCCCCCCCCCC/C=C\C/C=C\CCCCCCC. The lowest BCUT2D eigenvalue weighted by Gasteiger charge is -2.18. The lowest BCUT2D eigenvalue weighted by atomic mass is 10.0. The third kappa shape index (κ3) is 66.0. The molecule has 0 fully saturated rings. The lowest BCUT2D eigenvalue weighted by Crippen LogP contribution is -2.30. The van der Waals surface area contributed by atoms with Gasteiger partial charge in [0.25, 0.3) is 0 Å². The van der Waals surface area contributed by atoms with Crippen LogP contribution in [0.25, 0.3) is 0 Å². The van der Waals surface area contributed by atoms with Crippen LogP contribution in [0.5, 0.6) is 0 Å². The molecule has 0 radical (unpaired) electrons. The van der Waals surface area contributed by atoms with Gasteiger partial charge in [-0.15, -0.1) is 0 Å². The van der Waals surface area contributed by atoms with Crippen LogP contribution in [0.2, 0.25) is 0 Å². The Labute approximate surface area is 499 Å². The summed E-state index contributed by atoms with van der Waals surface area (Å²) in [7, 11) is 0. The summed E-state index contributed by atoms with van der Waals surface area (Å²) in [5.74, 6) is -1.01. The van der Waals surface area contributed by atoms with Crippen molar-refractivity contribution in [2.45, 2.75) is 297 Å². The lowest BCUT2D eigenvalue weighted by molar-refractivity contribution is -0.167. The van der Waals surface area contributed by atoms with Gasteiger partial charge in [0, 0.05) is 19.3 Å². The number of ether oxygens (including phenoxy) is 3. The van der Waals surface area contributed by atoms with Crippen molar-refractivity contribution in [3.63, 3.8) is 0 Å². The predicted molar refractivity (Wildman–Crippen MR) is 352 cm³/mol. The van der Waals surface area contributed by atoms with Gasteiger partial charge >= 0.3 is 17.9 Å². The Bertz CT molecular complexity index is 1760. The molecule has 0 heterocycles. The highest BCUT2D eigenvalue weighted by Gasteiger charge is 2.19. The normalized spacial score (nSPS) is 13.1. The van der Waals surface area contributed by atoms with Gasteiger partial charge in [0.1, 0.15) is 13.2 Å². The first-order valence-electron chi connectivity index (χ1n) is 33.3. The van der Waals surface area contributed by atoms with Gasteiger partial charge in [-0.1, -0.05) is 282 Å². The molecule has 0 saturated heterocycles. The van der Waals surface area contributed by atoms with Crippen molar-refractivity contribution in [1.29, 1.82) is 0 Å². The molecule has 0 N–H and O–H groups in total.